The van der Waals surface area contributed by atoms with Crippen molar-refractivity contribution in [3.05, 3.63) is 24.3 Å². The van der Waals surface area contributed by atoms with Crippen molar-refractivity contribution in [1.29, 1.82) is 0 Å². The molecular weight excluding hydrogens is 284 g/mol. The van der Waals surface area contributed by atoms with Crippen LogP contribution in [0.3, 0.4) is 0 Å². The molecule has 0 heterocycles. The highest BCUT2D eigenvalue weighted by atomic mass is 32.2. The Morgan fingerprint density at radius 3 is 2.67 bits per heavy atom. The van der Waals surface area contributed by atoms with E-state index in [1.165, 1.54) is 19.3 Å². The highest BCUT2D eigenvalue weighted by Gasteiger charge is 2.22. The number of benzene rings is 1. The van der Waals surface area contributed by atoms with Gasteiger partial charge in [-0.3, -0.25) is 0 Å². The van der Waals surface area contributed by atoms with Crippen LogP contribution in [-0.2, 0) is 10.0 Å². The lowest BCUT2D eigenvalue weighted by Crippen LogP contribution is -2.25. The van der Waals surface area contributed by atoms with Gasteiger partial charge in [0.2, 0.25) is 10.0 Å². The van der Waals surface area contributed by atoms with E-state index in [1.807, 2.05) is 19.1 Å². The van der Waals surface area contributed by atoms with Gasteiger partial charge in [-0.2, -0.15) is 0 Å². The van der Waals surface area contributed by atoms with Gasteiger partial charge in [0.15, 0.2) is 0 Å². The lowest BCUT2D eigenvalue weighted by Gasteiger charge is -2.16. The number of hydrogen-bond donors (Lipinski definition) is 2. The van der Waals surface area contributed by atoms with Crippen LogP contribution >= 0.6 is 0 Å². The molecule has 2 N–H and O–H groups in total. The van der Waals surface area contributed by atoms with E-state index in [4.69, 9.17) is 0 Å². The third-order valence-corrected chi connectivity index (χ3v) is 5.62. The van der Waals surface area contributed by atoms with E-state index in [2.05, 4.69) is 17.0 Å². The van der Waals surface area contributed by atoms with Gasteiger partial charge in [-0.1, -0.05) is 32.4 Å². The Bertz CT molecular complexity index is 557. The number of para-hydroxylation sites is 1. The molecule has 1 aliphatic carbocycles. The van der Waals surface area contributed by atoms with Gasteiger partial charge in [-0.25, -0.2) is 13.1 Å². The zero-order chi connectivity index (χ0) is 15.3. The summed E-state index contributed by atoms with van der Waals surface area (Å²) in [6.45, 7) is 5.56. The Morgan fingerprint density at radius 1 is 1.24 bits per heavy atom. The fraction of sp³-hybridized carbons (Fsp3) is 0.625. The van der Waals surface area contributed by atoms with Crippen LogP contribution < -0.4 is 10.0 Å². The van der Waals surface area contributed by atoms with Gasteiger partial charge in [0.25, 0.3) is 0 Å². The van der Waals surface area contributed by atoms with Gasteiger partial charge >= 0.3 is 0 Å². The van der Waals surface area contributed by atoms with Crippen molar-refractivity contribution < 1.29 is 8.42 Å². The fourth-order valence-electron chi connectivity index (χ4n) is 2.93. The molecule has 0 aliphatic heterocycles. The molecule has 2 unspecified atom stereocenters. The van der Waals surface area contributed by atoms with Crippen molar-refractivity contribution in [3.63, 3.8) is 0 Å². The minimum Gasteiger partial charge on any atom is -0.384 e. The van der Waals surface area contributed by atoms with Crippen molar-refractivity contribution in [1.82, 2.24) is 4.72 Å². The van der Waals surface area contributed by atoms with Gasteiger partial charge in [0, 0.05) is 13.1 Å². The Labute approximate surface area is 128 Å². The summed E-state index contributed by atoms with van der Waals surface area (Å²) < 4.78 is 27.3. The van der Waals surface area contributed by atoms with Crippen LogP contribution in [0.1, 0.15) is 39.5 Å². The van der Waals surface area contributed by atoms with E-state index in [1.54, 1.807) is 12.1 Å². The molecule has 1 saturated carbocycles. The van der Waals surface area contributed by atoms with E-state index in [-0.39, 0.29) is 0 Å². The molecule has 0 saturated heterocycles. The van der Waals surface area contributed by atoms with Crippen LogP contribution in [0.4, 0.5) is 5.69 Å². The molecule has 0 bridgehead atoms. The van der Waals surface area contributed by atoms with Gasteiger partial charge in [-0.15, -0.1) is 0 Å². The number of anilines is 1. The van der Waals surface area contributed by atoms with Gasteiger partial charge in [-0.05, 0) is 43.2 Å². The monoisotopic (exact) mass is 310 g/mol. The second-order valence-electron chi connectivity index (χ2n) is 6.06. The minimum atomic E-state index is -3.42. The first-order valence-electron chi connectivity index (χ1n) is 7.85. The van der Waals surface area contributed by atoms with Crippen molar-refractivity contribution >= 4 is 15.7 Å². The minimum absolute atomic E-state index is 0.351. The molecule has 0 radical (unpaired) electrons. The first-order valence-corrected chi connectivity index (χ1v) is 9.33. The molecule has 2 atom stereocenters. The summed E-state index contributed by atoms with van der Waals surface area (Å²) in [6, 6.07) is 7.15. The molecule has 4 nitrogen and oxygen atoms in total. The molecule has 1 aromatic carbocycles. The molecular formula is C16H26N2O2S. The predicted molar refractivity (Wildman–Crippen MR) is 86.9 cm³/mol. The molecule has 0 amide bonds. The second kappa shape index (κ2) is 7.27. The van der Waals surface area contributed by atoms with Crippen molar-refractivity contribution in [2.24, 2.45) is 11.8 Å². The van der Waals surface area contributed by atoms with E-state index < -0.39 is 10.0 Å². The quantitative estimate of drug-likeness (QED) is 0.813. The van der Waals surface area contributed by atoms with Crippen LogP contribution in [0.2, 0.25) is 0 Å². The van der Waals surface area contributed by atoms with Crippen molar-refractivity contribution in [3.8, 4) is 0 Å². The maximum absolute atomic E-state index is 12.3. The van der Waals surface area contributed by atoms with E-state index in [9.17, 15) is 8.42 Å². The highest BCUT2D eigenvalue weighted by Crippen LogP contribution is 2.31. The smallest absolute Gasteiger partial charge is 0.242 e. The molecule has 1 fully saturated rings. The van der Waals surface area contributed by atoms with E-state index in [0.29, 0.717) is 23.0 Å². The average molecular weight is 310 g/mol. The summed E-state index contributed by atoms with van der Waals surface area (Å²) in [5, 5.41) is 3.34. The topological polar surface area (TPSA) is 58.2 Å². The molecule has 0 aromatic heterocycles. The number of hydrogen-bond acceptors (Lipinski definition) is 3. The van der Waals surface area contributed by atoms with E-state index >= 15 is 0 Å². The van der Waals surface area contributed by atoms with Crippen LogP contribution in [0.25, 0.3) is 0 Å². The number of sulfonamides is 1. The summed E-state index contributed by atoms with van der Waals surface area (Å²) in [7, 11) is -3.42. The summed E-state index contributed by atoms with van der Waals surface area (Å²) in [4.78, 5) is 0.351. The van der Waals surface area contributed by atoms with Crippen LogP contribution in [-0.4, -0.2) is 21.5 Å². The fourth-order valence-corrected chi connectivity index (χ4v) is 4.24. The first kappa shape index (κ1) is 16.3. The van der Waals surface area contributed by atoms with Gasteiger partial charge < -0.3 is 5.32 Å². The first-order chi connectivity index (χ1) is 10.0. The second-order valence-corrected chi connectivity index (χ2v) is 7.79. The lowest BCUT2D eigenvalue weighted by atomic mass is 10.1. The van der Waals surface area contributed by atoms with Crippen molar-refractivity contribution in [2.75, 3.05) is 18.4 Å². The maximum Gasteiger partial charge on any atom is 0.242 e. The van der Waals surface area contributed by atoms with E-state index in [0.717, 1.165) is 18.9 Å². The lowest BCUT2D eigenvalue weighted by molar-refractivity contribution is 0.536. The summed E-state index contributed by atoms with van der Waals surface area (Å²) in [6.07, 6.45) is 4.53. The average Bonchev–Trinajstić information content (AvgIpc) is 2.89. The van der Waals surface area contributed by atoms with Crippen LogP contribution in [0.5, 0.6) is 0 Å². The highest BCUT2D eigenvalue weighted by molar-refractivity contribution is 7.89. The van der Waals surface area contributed by atoms with Crippen LogP contribution in [0, 0.1) is 11.8 Å². The Hall–Kier alpha value is -1.07. The normalized spacial score (nSPS) is 22.4. The molecule has 0 spiro atoms. The van der Waals surface area contributed by atoms with Crippen molar-refractivity contribution in [2.45, 2.75) is 44.4 Å². The SMILES string of the molecule is CCCNS(=O)(=O)c1ccccc1NCC1CCC(C)C1. The Morgan fingerprint density at radius 2 is 2.00 bits per heavy atom. The standard InChI is InChI=1S/C16H26N2O2S/c1-3-10-18-21(19,20)16-7-5-4-6-15(16)17-12-14-9-8-13(2)11-14/h4-7,13-14,17-18H,3,8-12H2,1-2H3. The zero-order valence-electron chi connectivity index (χ0n) is 12.9. The summed E-state index contributed by atoms with van der Waals surface area (Å²) in [5.74, 6) is 1.45. The third kappa shape index (κ3) is 4.45. The Kier molecular flexibility index (Phi) is 5.65. The predicted octanol–water partition coefficient (Wildman–Crippen LogP) is 3.22. The van der Waals surface area contributed by atoms with Crippen LogP contribution in [0.15, 0.2) is 29.2 Å². The molecule has 5 heteroatoms. The van der Waals surface area contributed by atoms with Gasteiger partial charge in [0.05, 0.1) is 5.69 Å². The number of nitrogens with one attached hydrogen (secondary N) is 2. The maximum atomic E-state index is 12.3. The molecule has 1 aliphatic rings. The zero-order valence-corrected chi connectivity index (χ0v) is 13.7. The number of rotatable bonds is 7. The molecule has 118 valence electrons. The summed E-state index contributed by atoms with van der Waals surface area (Å²) in [5.41, 5.74) is 0.709. The third-order valence-electron chi connectivity index (χ3n) is 4.10. The largest absolute Gasteiger partial charge is 0.384 e. The van der Waals surface area contributed by atoms with Gasteiger partial charge in [0.1, 0.15) is 4.90 Å². The molecule has 1 aromatic rings. The molecule has 2 rings (SSSR count). The Balaban J connectivity index is 2.06. The summed E-state index contributed by atoms with van der Waals surface area (Å²) >= 11 is 0. The molecule has 21 heavy (non-hydrogen) atoms.